The van der Waals surface area contributed by atoms with Gasteiger partial charge in [0.05, 0.1) is 28.8 Å². The summed E-state index contributed by atoms with van der Waals surface area (Å²) in [6, 6.07) is 4.31. The molecule has 1 aromatic carbocycles. The number of para-hydroxylation sites is 1. The van der Waals surface area contributed by atoms with E-state index in [1.54, 1.807) is 48.3 Å². The number of rotatable bonds is 3. The van der Waals surface area contributed by atoms with E-state index in [2.05, 4.69) is 0 Å². The van der Waals surface area contributed by atoms with Crippen LogP contribution in [0.2, 0.25) is 5.02 Å². The number of anilines is 1. The summed E-state index contributed by atoms with van der Waals surface area (Å²) >= 11 is 6.48. The molecule has 1 N–H and O–H groups in total. The van der Waals surface area contributed by atoms with E-state index in [0.29, 0.717) is 10.7 Å². The second-order valence-electron chi connectivity index (χ2n) is 9.04. The van der Waals surface area contributed by atoms with Crippen LogP contribution in [0.4, 0.5) is 5.69 Å². The van der Waals surface area contributed by atoms with Crippen molar-refractivity contribution >= 4 is 35.1 Å². The third-order valence-corrected chi connectivity index (χ3v) is 7.42. The number of aryl methyl sites for hydroxylation is 1. The van der Waals surface area contributed by atoms with E-state index >= 15 is 0 Å². The highest BCUT2D eigenvalue weighted by Crippen LogP contribution is 2.57. The lowest BCUT2D eigenvalue weighted by molar-refractivity contribution is -0.156. The first-order valence-corrected chi connectivity index (χ1v) is 11.3. The predicted molar refractivity (Wildman–Crippen MR) is 120 cm³/mol. The van der Waals surface area contributed by atoms with Crippen LogP contribution in [0, 0.1) is 18.8 Å². The van der Waals surface area contributed by atoms with Crippen LogP contribution in [0.3, 0.4) is 0 Å². The number of carbonyl (C=O) groups is 3. The number of halogens is 1. The molecule has 1 spiro atoms. The molecule has 4 aliphatic heterocycles. The van der Waals surface area contributed by atoms with Gasteiger partial charge in [0.2, 0.25) is 5.91 Å². The number of carbonyl (C=O) groups excluding carboxylic acids is 3. The zero-order chi connectivity index (χ0) is 23.5. The van der Waals surface area contributed by atoms with E-state index < -0.39 is 41.0 Å². The van der Waals surface area contributed by atoms with Crippen LogP contribution in [-0.4, -0.2) is 71.3 Å². The Hall–Kier alpha value is -2.68. The van der Waals surface area contributed by atoms with Gasteiger partial charge in [0.15, 0.2) is 0 Å². The van der Waals surface area contributed by atoms with Crippen molar-refractivity contribution in [2.75, 3.05) is 31.2 Å². The third kappa shape index (κ3) is 3.01. The topological polar surface area (TPSA) is 96.4 Å². The quantitative estimate of drug-likeness (QED) is 0.530. The maximum atomic E-state index is 14.1. The Morgan fingerprint density at radius 1 is 1.15 bits per heavy atom. The first-order chi connectivity index (χ1) is 15.7. The number of aliphatic hydroxyl groups is 1. The standard InChI is InChI=1S/C24H25ClN2O6/c1-14-6-3-7-15(25)18(14)26-10-4-9-24-16(20(29)27(11-12-28)19(24)21(26)30)17-22(31)32-13-5-8-23(17,2)33-24/h3-9,16-17,19,28H,10-13H2,1-2H3/t16-,17-,19?,23+,24-/m0/s1. The summed E-state index contributed by atoms with van der Waals surface area (Å²) < 4.78 is 11.9. The lowest BCUT2D eigenvalue weighted by atomic mass is 9.75. The summed E-state index contributed by atoms with van der Waals surface area (Å²) in [6.07, 6.45) is 6.97. The smallest absolute Gasteiger partial charge is 0.313 e. The van der Waals surface area contributed by atoms with Crippen molar-refractivity contribution in [3.05, 3.63) is 53.1 Å². The Morgan fingerprint density at radius 2 is 1.94 bits per heavy atom. The summed E-state index contributed by atoms with van der Waals surface area (Å²) in [5.74, 6) is -3.20. The molecular formula is C24H25ClN2O6. The number of likely N-dealkylation sites (tertiary alicyclic amines) is 1. The van der Waals surface area contributed by atoms with Crippen LogP contribution in [0.25, 0.3) is 0 Å². The lowest BCUT2D eigenvalue weighted by Gasteiger charge is -2.37. The van der Waals surface area contributed by atoms with Gasteiger partial charge in [-0.3, -0.25) is 14.4 Å². The molecule has 0 aromatic heterocycles. The zero-order valence-corrected chi connectivity index (χ0v) is 19.1. The number of cyclic esters (lactones) is 1. The highest BCUT2D eigenvalue weighted by Gasteiger charge is 2.74. The minimum absolute atomic E-state index is 0.0612. The van der Waals surface area contributed by atoms with Gasteiger partial charge < -0.3 is 24.4 Å². The van der Waals surface area contributed by atoms with Crippen LogP contribution in [-0.2, 0) is 23.9 Å². The van der Waals surface area contributed by atoms with Gasteiger partial charge in [0, 0.05) is 13.1 Å². The second-order valence-corrected chi connectivity index (χ2v) is 9.45. The second kappa shape index (κ2) is 7.68. The molecule has 4 aliphatic rings. The van der Waals surface area contributed by atoms with Gasteiger partial charge in [-0.25, -0.2) is 0 Å². The van der Waals surface area contributed by atoms with Gasteiger partial charge in [-0.2, -0.15) is 0 Å². The van der Waals surface area contributed by atoms with Crippen molar-refractivity contribution < 1.29 is 29.0 Å². The van der Waals surface area contributed by atoms with Crippen LogP contribution < -0.4 is 4.90 Å². The summed E-state index contributed by atoms with van der Waals surface area (Å²) in [7, 11) is 0. The molecule has 1 unspecified atom stereocenters. The molecule has 8 nitrogen and oxygen atoms in total. The van der Waals surface area contributed by atoms with Gasteiger partial charge in [-0.05, 0) is 31.6 Å². The molecule has 5 atom stereocenters. The van der Waals surface area contributed by atoms with Gasteiger partial charge in [0.25, 0.3) is 5.91 Å². The molecule has 5 rings (SSSR count). The normalized spacial score (nSPS) is 35.2. The molecule has 0 aliphatic carbocycles. The van der Waals surface area contributed by atoms with E-state index in [1.807, 2.05) is 13.0 Å². The number of amides is 2. The molecule has 1 aromatic rings. The van der Waals surface area contributed by atoms with Gasteiger partial charge >= 0.3 is 5.97 Å². The monoisotopic (exact) mass is 472 g/mol. The van der Waals surface area contributed by atoms with Crippen LogP contribution in [0.1, 0.15) is 12.5 Å². The molecular weight excluding hydrogens is 448 g/mol. The molecule has 0 radical (unpaired) electrons. The van der Waals surface area contributed by atoms with Gasteiger partial charge in [-0.1, -0.05) is 42.0 Å². The van der Waals surface area contributed by atoms with Crippen molar-refractivity contribution in [3.63, 3.8) is 0 Å². The molecule has 4 heterocycles. The molecule has 0 bridgehead atoms. The van der Waals surface area contributed by atoms with Crippen LogP contribution >= 0.6 is 11.6 Å². The van der Waals surface area contributed by atoms with Crippen LogP contribution in [0.15, 0.2) is 42.5 Å². The molecule has 9 heteroatoms. The number of hydrogen-bond donors (Lipinski definition) is 1. The number of β-amino-alcohol motifs (C(OH)–C–C–N with tert-alkyl or cyclic N) is 1. The number of hydrogen-bond acceptors (Lipinski definition) is 6. The number of nitrogens with zero attached hydrogens (tertiary/aromatic N) is 2. The van der Waals surface area contributed by atoms with Crippen molar-refractivity contribution in [2.24, 2.45) is 11.8 Å². The van der Waals surface area contributed by atoms with Crippen molar-refractivity contribution in [1.29, 1.82) is 0 Å². The zero-order valence-electron chi connectivity index (χ0n) is 18.4. The minimum Gasteiger partial charge on any atom is -0.461 e. The average molecular weight is 473 g/mol. The van der Waals surface area contributed by atoms with E-state index in [1.165, 1.54) is 4.90 Å². The van der Waals surface area contributed by atoms with Gasteiger partial charge in [-0.15, -0.1) is 0 Å². The van der Waals surface area contributed by atoms with Gasteiger partial charge in [0.1, 0.15) is 24.2 Å². The van der Waals surface area contributed by atoms with Crippen LogP contribution in [0.5, 0.6) is 0 Å². The molecule has 0 saturated carbocycles. The number of fused-ring (bicyclic) bond motifs is 2. The van der Waals surface area contributed by atoms with E-state index in [9.17, 15) is 19.5 Å². The number of aliphatic hydroxyl groups excluding tert-OH is 1. The van der Waals surface area contributed by atoms with Crippen molar-refractivity contribution in [2.45, 2.75) is 31.1 Å². The Kier molecular flexibility index (Phi) is 5.15. The molecule has 2 amide bonds. The molecule has 2 saturated heterocycles. The Bertz CT molecular complexity index is 1080. The summed E-state index contributed by atoms with van der Waals surface area (Å²) in [5, 5.41) is 10.1. The fraction of sp³-hybridized carbons (Fsp3) is 0.458. The molecule has 2 fully saturated rings. The highest BCUT2D eigenvalue weighted by molar-refractivity contribution is 6.34. The summed E-state index contributed by atoms with van der Waals surface area (Å²) in [6.45, 7) is 3.53. The van der Waals surface area contributed by atoms with E-state index in [4.69, 9.17) is 21.1 Å². The Morgan fingerprint density at radius 3 is 2.67 bits per heavy atom. The largest absolute Gasteiger partial charge is 0.461 e. The molecule has 174 valence electrons. The average Bonchev–Trinajstić information content (AvgIpc) is 3.01. The van der Waals surface area contributed by atoms with E-state index in [-0.39, 0.29) is 32.2 Å². The maximum absolute atomic E-state index is 14.1. The van der Waals surface area contributed by atoms with Crippen molar-refractivity contribution in [3.8, 4) is 0 Å². The lowest BCUT2D eigenvalue weighted by Crippen LogP contribution is -2.56. The minimum atomic E-state index is -1.38. The van der Waals surface area contributed by atoms with E-state index in [0.717, 1.165) is 5.56 Å². The number of esters is 1. The first-order valence-electron chi connectivity index (χ1n) is 11.0. The Balaban J connectivity index is 1.68. The maximum Gasteiger partial charge on any atom is 0.313 e. The Labute approximate surface area is 196 Å². The highest BCUT2D eigenvalue weighted by atomic mass is 35.5. The SMILES string of the molecule is Cc1cccc(Cl)c1N1CC=C[C@]23O[C@]4(C)C=CCOC(=O)[C@@H]4[C@H]2C(=O)N(CCO)C3C1=O. The predicted octanol–water partition coefficient (Wildman–Crippen LogP) is 1.63. The van der Waals surface area contributed by atoms with Crippen molar-refractivity contribution in [1.82, 2.24) is 4.90 Å². The fourth-order valence-corrected chi connectivity index (χ4v) is 6.19. The first kappa shape index (κ1) is 22.1. The number of ether oxygens (including phenoxy) is 2. The summed E-state index contributed by atoms with van der Waals surface area (Å²) in [4.78, 5) is 43.6. The molecule has 33 heavy (non-hydrogen) atoms. The summed E-state index contributed by atoms with van der Waals surface area (Å²) in [5.41, 5.74) is -1.13. The fourth-order valence-electron chi connectivity index (χ4n) is 5.87. The number of benzene rings is 1. The third-order valence-electron chi connectivity index (χ3n) is 7.11.